The van der Waals surface area contributed by atoms with Crippen LogP contribution in [0.5, 0.6) is 5.75 Å². The molecule has 0 aromatic heterocycles. The zero-order valence-electron chi connectivity index (χ0n) is 13.3. The van der Waals surface area contributed by atoms with Crippen molar-refractivity contribution >= 4 is 23.4 Å². The largest absolute Gasteiger partial charge is 0.497 e. The van der Waals surface area contributed by atoms with Gasteiger partial charge in [-0.15, -0.1) is 0 Å². The molecule has 6 nitrogen and oxygen atoms in total. The van der Waals surface area contributed by atoms with Gasteiger partial charge in [-0.1, -0.05) is 17.7 Å². The second kappa shape index (κ2) is 6.16. The highest BCUT2D eigenvalue weighted by atomic mass is 16.5. The van der Waals surface area contributed by atoms with Crippen LogP contribution in [0.4, 0.5) is 5.69 Å². The summed E-state index contributed by atoms with van der Waals surface area (Å²) < 4.78 is 5.09. The molecule has 2 aromatic carbocycles. The number of nitrogens with one attached hydrogen (secondary N) is 1. The summed E-state index contributed by atoms with van der Waals surface area (Å²) in [5, 5.41) is 2.66. The number of anilines is 1. The van der Waals surface area contributed by atoms with E-state index in [1.807, 2.05) is 6.92 Å². The van der Waals surface area contributed by atoms with Gasteiger partial charge in [-0.25, -0.2) is 0 Å². The number of aryl methyl sites for hydroxylation is 1. The summed E-state index contributed by atoms with van der Waals surface area (Å²) >= 11 is 0. The molecule has 1 N–H and O–H groups in total. The molecular formula is C18H16N2O4. The van der Waals surface area contributed by atoms with Crippen molar-refractivity contribution in [3.8, 4) is 5.75 Å². The Morgan fingerprint density at radius 2 is 1.83 bits per heavy atom. The third kappa shape index (κ3) is 2.86. The number of ether oxygens (including phenoxy) is 1. The molecular weight excluding hydrogens is 308 g/mol. The lowest BCUT2D eigenvalue weighted by Crippen LogP contribution is -2.37. The average molecular weight is 324 g/mol. The smallest absolute Gasteiger partial charge is 0.262 e. The average Bonchev–Trinajstić information content (AvgIpc) is 2.79. The minimum absolute atomic E-state index is 0.331. The number of benzene rings is 2. The molecule has 0 radical (unpaired) electrons. The Kier molecular flexibility index (Phi) is 4.04. The molecule has 24 heavy (non-hydrogen) atoms. The highest BCUT2D eigenvalue weighted by Gasteiger charge is 2.36. The van der Waals surface area contributed by atoms with Crippen LogP contribution in [-0.2, 0) is 4.79 Å². The van der Waals surface area contributed by atoms with Crippen molar-refractivity contribution in [2.75, 3.05) is 19.0 Å². The van der Waals surface area contributed by atoms with Crippen molar-refractivity contribution in [3.63, 3.8) is 0 Å². The number of carbonyl (C=O) groups is 3. The van der Waals surface area contributed by atoms with Gasteiger partial charge in [0.25, 0.3) is 11.8 Å². The lowest BCUT2D eigenvalue weighted by Gasteiger charge is -2.14. The number of fused-ring (bicyclic) bond motifs is 1. The monoisotopic (exact) mass is 324 g/mol. The highest BCUT2D eigenvalue weighted by molar-refractivity contribution is 6.22. The Morgan fingerprint density at radius 3 is 2.58 bits per heavy atom. The van der Waals surface area contributed by atoms with Crippen molar-refractivity contribution in [3.05, 3.63) is 59.2 Å². The van der Waals surface area contributed by atoms with E-state index >= 15 is 0 Å². The number of nitrogens with zero attached hydrogens (tertiary/aromatic N) is 1. The molecule has 0 spiro atoms. The Bertz CT molecular complexity index is 845. The fraction of sp³-hybridized carbons (Fsp3) is 0.167. The van der Waals surface area contributed by atoms with Gasteiger partial charge in [0, 0.05) is 11.8 Å². The van der Waals surface area contributed by atoms with Crippen LogP contribution in [-0.4, -0.2) is 36.3 Å². The Balaban J connectivity index is 1.73. The van der Waals surface area contributed by atoms with E-state index in [2.05, 4.69) is 5.32 Å². The van der Waals surface area contributed by atoms with E-state index in [1.165, 1.54) is 7.11 Å². The first-order chi connectivity index (χ1) is 11.5. The third-order valence-electron chi connectivity index (χ3n) is 3.78. The van der Waals surface area contributed by atoms with Gasteiger partial charge in [-0.2, -0.15) is 0 Å². The molecule has 2 aromatic rings. The van der Waals surface area contributed by atoms with Gasteiger partial charge in [0.05, 0.1) is 18.2 Å². The van der Waals surface area contributed by atoms with Gasteiger partial charge in [-0.3, -0.25) is 19.3 Å². The van der Waals surface area contributed by atoms with Gasteiger partial charge in [0.15, 0.2) is 0 Å². The normalized spacial score (nSPS) is 13.0. The molecule has 0 atom stereocenters. The predicted molar refractivity (Wildman–Crippen MR) is 88.2 cm³/mol. The van der Waals surface area contributed by atoms with Crippen molar-refractivity contribution in [1.29, 1.82) is 0 Å². The first kappa shape index (κ1) is 15.7. The molecule has 1 aliphatic rings. The molecule has 1 aliphatic heterocycles. The lowest BCUT2D eigenvalue weighted by atomic mass is 10.1. The molecule has 0 saturated carbocycles. The topological polar surface area (TPSA) is 75.7 Å². The fourth-order valence-electron chi connectivity index (χ4n) is 2.59. The van der Waals surface area contributed by atoms with Crippen LogP contribution in [0, 0.1) is 6.92 Å². The summed E-state index contributed by atoms with van der Waals surface area (Å²) in [4.78, 5) is 37.8. The standard InChI is InChI=1S/C18H16N2O4/c1-11-6-7-14-15(8-11)18(23)20(17(14)22)10-16(21)19-12-4-3-5-13(9-12)24-2/h3-9H,10H2,1-2H3,(H,19,21). The number of imide groups is 1. The van der Waals surface area contributed by atoms with Gasteiger partial charge in [-0.05, 0) is 31.2 Å². The number of hydrogen-bond donors (Lipinski definition) is 1. The van der Waals surface area contributed by atoms with Crippen LogP contribution in [0.3, 0.4) is 0 Å². The van der Waals surface area contributed by atoms with Crippen LogP contribution in [0.15, 0.2) is 42.5 Å². The van der Waals surface area contributed by atoms with Crippen molar-refractivity contribution in [1.82, 2.24) is 4.90 Å². The zero-order chi connectivity index (χ0) is 17.3. The third-order valence-corrected chi connectivity index (χ3v) is 3.78. The van der Waals surface area contributed by atoms with Gasteiger partial charge in [0.1, 0.15) is 12.3 Å². The van der Waals surface area contributed by atoms with E-state index in [0.717, 1.165) is 10.5 Å². The zero-order valence-corrected chi connectivity index (χ0v) is 13.3. The number of methoxy groups -OCH3 is 1. The van der Waals surface area contributed by atoms with Crippen molar-refractivity contribution < 1.29 is 19.1 Å². The summed E-state index contributed by atoms with van der Waals surface area (Å²) in [7, 11) is 1.53. The predicted octanol–water partition coefficient (Wildman–Crippen LogP) is 2.24. The lowest BCUT2D eigenvalue weighted by molar-refractivity contribution is -0.116. The van der Waals surface area contributed by atoms with Crippen molar-refractivity contribution in [2.45, 2.75) is 6.92 Å². The second-order valence-corrected chi connectivity index (χ2v) is 5.53. The minimum atomic E-state index is -0.450. The molecule has 3 amide bonds. The Hall–Kier alpha value is -3.15. The van der Waals surface area contributed by atoms with Crippen molar-refractivity contribution in [2.24, 2.45) is 0 Å². The van der Waals surface area contributed by atoms with Gasteiger partial charge >= 0.3 is 0 Å². The van der Waals surface area contributed by atoms with Crippen LogP contribution in [0.2, 0.25) is 0 Å². The SMILES string of the molecule is COc1cccc(NC(=O)CN2C(=O)c3ccc(C)cc3C2=O)c1. The number of rotatable bonds is 4. The van der Waals surface area contributed by atoms with Gasteiger partial charge in [0.2, 0.25) is 5.91 Å². The quantitative estimate of drug-likeness (QED) is 0.875. The van der Waals surface area contributed by atoms with E-state index in [4.69, 9.17) is 4.74 Å². The van der Waals surface area contributed by atoms with E-state index in [1.54, 1.807) is 42.5 Å². The number of amides is 3. The Labute approximate surface area is 139 Å². The summed E-state index contributed by atoms with van der Waals surface area (Å²) in [5.41, 5.74) is 2.10. The molecule has 1 heterocycles. The maximum absolute atomic E-state index is 12.4. The maximum atomic E-state index is 12.4. The first-order valence-electron chi connectivity index (χ1n) is 7.40. The molecule has 122 valence electrons. The maximum Gasteiger partial charge on any atom is 0.262 e. The molecule has 3 rings (SSSR count). The van der Waals surface area contributed by atoms with E-state index in [9.17, 15) is 14.4 Å². The van der Waals surface area contributed by atoms with Crippen LogP contribution >= 0.6 is 0 Å². The minimum Gasteiger partial charge on any atom is -0.497 e. The van der Waals surface area contributed by atoms with E-state index in [-0.39, 0.29) is 6.54 Å². The molecule has 0 saturated heterocycles. The van der Waals surface area contributed by atoms with E-state index in [0.29, 0.717) is 22.6 Å². The number of carbonyl (C=O) groups excluding carboxylic acids is 3. The molecule has 6 heteroatoms. The summed E-state index contributed by atoms with van der Waals surface area (Å²) in [6, 6.07) is 11.9. The molecule has 0 unspecified atom stereocenters. The van der Waals surface area contributed by atoms with Crippen LogP contribution in [0.1, 0.15) is 26.3 Å². The van der Waals surface area contributed by atoms with Crippen LogP contribution < -0.4 is 10.1 Å². The second-order valence-electron chi connectivity index (χ2n) is 5.53. The molecule has 0 fully saturated rings. The summed E-state index contributed by atoms with van der Waals surface area (Å²) in [6.07, 6.45) is 0. The molecule has 0 bridgehead atoms. The molecule has 0 aliphatic carbocycles. The first-order valence-corrected chi connectivity index (χ1v) is 7.40. The van der Waals surface area contributed by atoms with Crippen LogP contribution in [0.25, 0.3) is 0 Å². The number of hydrogen-bond acceptors (Lipinski definition) is 4. The summed E-state index contributed by atoms with van der Waals surface area (Å²) in [5.74, 6) is -0.742. The fourth-order valence-corrected chi connectivity index (χ4v) is 2.59. The van der Waals surface area contributed by atoms with E-state index < -0.39 is 17.7 Å². The summed E-state index contributed by atoms with van der Waals surface area (Å²) in [6.45, 7) is 1.51. The highest BCUT2D eigenvalue weighted by Crippen LogP contribution is 2.24. The Morgan fingerprint density at radius 1 is 1.08 bits per heavy atom. The van der Waals surface area contributed by atoms with Gasteiger partial charge < -0.3 is 10.1 Å².